The molecule has 2 aromatic rings. The summed E-state index contributed by atoms with van der Waals surface area (Å²) in [5.41, 5.74) is 2.99. The van der Waals surface area contributed by atoms with E-state index in [1.807, 2.05) is 18.2 Å². The number of hydrogen-bond donors (Lipinski definition) is 2. The monoisotopic (exact) mass is 817 g/mol. The number of sulfonamides is 1. The SMILES string of the molecule is CN(C)S(=O)(=O)N1CCN(C(=O)CC[C@@H]2CC/C=C\[C@H](O)[C@@H]3CC[C@H]3CN3C[C@@]4(CCCc5cc(Cl)ccc54)COc4ccc(cc43)C(=O)NS2(=O)=O)CC1. The van der Waals surface area contributed by atoms with Crippen molar-refractivity contribution < 1.29 is 36.3 Å². The van der Waals surface area contributed by atoms with Crippen LogP contribution in [0.5, 0.6) is 5.75 Å². The van der Waals surface area contributed by atoms with E-state index in [0.717, 1.165) is 36.4 Å². The summed E-state index contributed by atoms with van der Waals surface area (Å²) in [7, 11) is -4.94. The van der Waals surface area contributed by atoms with Crippen LogP contribution in [0.25, 0.3) is 0 Å². The van der Waals surface area contributed by atoms with Gasteiger partial charge in [-0.2, -0.15) is 17.0 Å². The minimum absolute atomic E-state index is 0.0284. The summed E-state index contributed by atoms with van der Waals surface area (Å²) < 4.78 is 64.2. The van der Waals surface area contributed by atoms with Gasteiger partial charge in [0.2, 0.25) is 15.9 Å². The molecule has 3 aliphatic heterocycles. The number of fused-ring (bicyclic) bond motifs is 4. The highest BCUT2D eigenvalue weighted by molar-refractivity contribution is 7.90. The number of anilines is 1. The van der Waals surface area contributed by atoms with Gasteiger partial charge in [-0.1, -0.05) is 29.8 Å². The van der Waals surface area contributed by atoms with Crippen molar-refractivity contribution in [3.8, 4) is 5.75 Å². The van der Waals surface area contributed by atoms with E-state index < -0.39 is 37.5 Å². The highest BCUT2D eigenvalue weighted by atomic mass is 35.5. The standard InChI is InChI=1S/C39H52ClN5O8S2/c1-42(2)55(51,52)45-20-18-43(19-21-45)37(47)16-12-31-7-3-4-8-35(46)32-13-9-29(32)24-44-25-39(17-5-6-27-22-30(40)11-14-33(27)39)26-53-36-15-10-28(23-34(36)44)38(48)41-54(31,49)50/h4,8,10-11,14-15,22-23,29,31-32,35,46H,3,5-7,9,12-13,16-21,24-26H2,1-2H3,(H,41,48)/b8-4-/t29-,31-,32+,35-,39-/m0/s1. The van der Waals surface area contributed by atoms with Gasteiger partial charge in [-0.05, 0) is 105 Å². The molecule has 13 nitrogen and oxygen atoms in total. The molecule has 0 aromatic heterocycles. The van der Waals surface area contributed by atoms with Gasteiger partial charge in [0, 0.05) is 75.8 Å². The normalized spacial score (nSPS) is 29.3. The largest absolute Gasteiger partial charge is 0.490 e. The van der Waals surface area contributed by atoms with E-state index in [1.54, 1.807) is 29.2 Å². The van der Waals surface area contributed by atoms with Crippen LogP contribution in [-0.4, -0.2) is 119 Å². The van der Waals surface area contributed by atoms with Gasteiger partial charge in [0.1, 0.15) is 5.75 Å². The first-order valence-corrected chi connectivity index (χ1v) is 22.7. The molecule has 0 radical (unpaired) electrons. The second-order valence-corrected chi connectivity index (χ2v) is 20.5. The molecule has 1 saturated carbocycles. The molecule has 2 amide bonds. The Morgan fingerprint density at radius 3 is 2.60 bits per heavy atom. The summed E-state index contributed by atoms with van der Waals surface area (Å²) in [5, 5.41) is 11.0. The predicted octanol–water partition coefficient (Wildman–Crippen LogP) is 3.71. The predicted molar refractivity (Wildman–Crippen MR) is 211 cm³/mol. The van der Waals surface area contributed by atoms with Gasteiger partial charge in [0.25, 0.3) is 16.1 Å². The second-order valence-electron chi connectivity index (χ2n) is 16.0. The molecule has 7 rings (SSSR count). The Labute approximate surface area is 329 Å². The first-order chi connectivity index (χ1) is 26.2. The number of ether oxygens (including phenoxy) is 1. The van der Waals surface area contributed by atoms with Crippen molar-refractivity contribution >= 4 is 49.3 Å². The van der Waals surface area contributed by atoms with Crippen LogP contribution in [-0.2, 0) is 36.9 Å². The molecule has 5 atom stereocenters. The third-order valence-corrected chi connectivity index (χ3v) is 16.4. The first kappa shape index (κ1) is 40.0. The average Bonchev–Trinajstić information content (AvgIpc) is 3.28. The van der Waals surface area contributed by atoms with Gasteiger partial charge in [0.05, 0.1) is 23.6 Å². The van der Waals surface area contributed by atoms with E-state index in [1.165, 1.54) is 29.5 Å². The zero-order chi connectivity index (χ0) is 39.1. The molecule has 1 saturated heterocycles. The molecule has 16 heteroatoms. The molecular formula is C39H52ClN5O8S2. The Morgan fingerprint density at radius 2 is 1.87 bits per heavy atom. The summed E-state index contributed by atoms with van der Waals surface area (Å²) in [6.07, 6.45) is 7.88. The fraction of sp³-hybridized carbons (Fsp3) is 0.590. The van der Waals surface area contributed by atoms with Crippen molar-refractivity contribution in [3.05, 3.63) is 70.3 Å². The van der Waals surface area contributed by atoms with E-state index in [0.29, 0.717) is 42.6 Å². The molecule has 2 aromatic carbocycles. The summed E-state index contributed by atoms with van der Waals surface area (Å²) in [6, 6.07) is 11.1. The number of nitrogens with zero attached hydrogens (tertiary/aromatic N) is 4. The summed E-state index contributed by atoms with van der Waals surface area (Å²) >= 11 is 6.42. The number of aryl methyl sites for hydroxylation is 1. The molecule has 0 unspecified atom stereocenters. The van der Waals surface area contributed by atoms with Gasteiger partial charge in [0.15, 0.2) is 0 Å². The molecule has 2 fully saturated rings. The third-order valence-electron chi connectivity index (χ3n) is 12.4. The molecule has 2 bridgehead atoms. The molecule has 2 N–H and O–H groups in total. The van der Waals surface area contributed by atoms with Crippen LogP contribution >= 0.6 is 11.6 Å². The van der Waals surface area contributed by atoms with Crippen LogP contribution in [0, 0.1) is 11.8 Å². The van der Waals surface area contributed by atoms with Crippen LogP contribution in [0.2, 0.25) is 5.02 Å². The molecule has 300 valence electrons. The third kappa shape index (κ3) is 8.29. The number of benzene rings is 2. The van der Waals surface area contributed by atoms with E-state index in [4.69, 9.17) is 16.3 Å². The number of allylic oxidation sites excluding steroid dienone is 1. The minimum atomic E-state index is -4.25. The first-order valence-electron chi connectivity index (χ1n) is 19.3. The van der Waals surface area contributed by atoms with Crippen LogP contribution < -0.4 is 14.4 Å². The van der Waals surface area contributed by atoms with Gasteiger partial charge >= 0.3 is 0 Å². The summed E-state index contributed by atoms with van der Waals surface area (Å²) in [6.45, 7) is 2.40. The Kier molecular flexibility index (Phi) is 11.6. The van der Waals surface area contributed by atoms with E-state index in [2.05, 4.69) is 15.7 Å². The second kappa shape index (κ2) is 16.0. The summed E-state index contributed by atoms with van der Waals surface area (Å²) in [4.78, 5) is 30.9. The van der Waals surface area contributed by atoms with Gasteiger partial charge < -0.3 is 19.6 Å². The molecule has 55 heavy (non-hydrogen) atoms. The van der Waals surface area contributed by atoms with E-state index >= 15 is 0 Å². The molecule has 2 aliphatic carbocycles. The number of carbonyl (C=O) groups excluding carboxylic acids is 2. The average molecular weight is 818 g/mol. The highest BCUT2D eigenvalue weighted by Crippen LogP contribution is 2.47. The fourth-order valence-electron chi connectivity index (χ4n) is 9.04. The number of hydrogen-bond acceptors (Lipinski definition) is 9. The number of amides is 2. The van der Waals surface area contributed by atoms with Gasteiger partial charge in [-0.15, -0.1) is 0 Å². The van der Waals surface area contributed by atoms with Crippen molar-refractivity contribution in [2.75, 3.05) is 64.9 Å². The van der Waals surface area contributed by atoms with Gasteiger partial charge in [-0.3, -0.25) is 9.59 Å². The van der Waals surface area contributed by atoms with Crippen LogP contribution in [0.15, 0.2) is 48.6 Å². The van der Waals surface area contributed by atoms with Crippen molar-refractivity contribution in [1.82, 2.24) is 18.2 Å². The number of halogens is 1. The summed E-state index contributed by atoms with van der Waals surface area (Å²) in [5.74, 6) is -0.183. The number of rotatable bonds is 5. The number of carbonyl (C=O) groups is 2. The highest BCUT2D eigenvalue weighted by Gasteiger charge is 2.44. The lowest BCUT2D eigenvalue weighted by atomic mass is 9.68. The smallest absolute Gasteiger partial charge is 0.281 e. The number of nitrogens with one attached hydrogen (secondary N) is 1. The van der Waals surface area contributed by atoms with Crippen LogP contribution in [0.4, 0.5) is 5.69 Å². The molecule has 3 heterocycles. The Balaban J connectivity index is 1.13. The van der Waals surface area contributed by atoms with Gasteiger partial charge in [-0.25, -0.2) is 13.1 Å². The van der Waals surface area contributed by atoms with Crippen LogP contribution in [0.3, 0.4) is 0 Å². The fourth-order valence-corrected chi connectivity index (χ4v) is 11.7. The van der Waals surface area contributed by atoms with E-state index in [9.17, 15) is 31.5 Å². The molecule has 5 aliphatic rings. The van der Waals surface area contributed by atoms with Crippen molar-refractivity contribution in [1.29, 1.82) is 0 Å². The zero-order valence-electron chi connectivity index (χ0n) is 31.5. The zero-order valence-corrected chi connectivity index (χ0v) is 33.9. The maximum Gasteiger partial charge on any atom is 0.281 e. The van der Waals surface area contributed by atoms with Crippen molar-refractivity contribution in [2.24, 2.45) is 11.8 Å². The van der Waals surface area contributed by atoms with Crippen LogP contribution in [0.1, 0.15) is 72.9 Å². The van der Waals surface area contributed by atoms with Crippen molar-refractivity contribution in [3.63, 3.8) is 0 Å². The number of aliphatic hydroxyl groups excluding tert-OH is 1. The maximum absolute atomic E-state index is 13.9. The number of piperazine rings is 1. The lowest BCUT2D eigenvalue weighted by molar-refractivity contribution is -0.132. The Hall–Kier alpha value is -3.21. The lowest BCUT2D eigenvalue weighted by Gasteiger charge is -2.45. The lowest BCUT2D eigenvalue weighted by Crippen LogP contribution is -2.53. The molecular weight excluding hydrogens is 766 g/mol. The Morgan fingerprint density at radius 1 is 1.09 bits per heavy atom. The van der Waals surface area contributed by atoms with E-state index in [-0.39, 0.29) is 74.2 Å². The Bertz CT molecular complexity index is 2040. The topological polar surface area (TPSA) is 157 Å². The van der Waals surface area contributed by atoms with Crippen molar-refractivity contribution in [2.45, 2.75) is 74.6 Å². The molecule has 1 spiro atoms. The number of aliphatic hydroxyl groups is 1. The minimum Gasteiger partial charge on any atom is -0.490 e. The quantitative estimate of drug-likeness (QED) is 0.430. The maximum atomic E-state index is 13.9.